The van der Waals surface area contributed by atoms with E-state index in [0.717, 1.165) is 41.5 Å². The first kappa shape index (κ1) is 25.7. The van der Waals surface area contributed by atoms with Crippen LogP contribution in [-0.2, 0) is 13.2 Å². The topological polar surface area (TPSA) is 37.4 Å². The molecule has 0 saturated heterocycles. The van der Waals surface area contributed by atoms with Crippen molar-refractivity contribution in [3.05, 3.63) is 70.2 Å². The van der Waals surface area contributed by atoms with Crippen LogP contribution in [0.25, 0.3) is 10.6 Å². The molecule has 0 radical (unpaired) electrons. The molecule has 3 rings (SSSR count). The molecule has 0 unspecified atom stereocenters. The van der Waals surface area contributed by atoms with E-state index in [2.05, 4.69) is 28.3 Å². The van der Waals surface area contributed by atoms with E-state index in [1.165, 1.54) is 5.56 Å². The van der Waals surface area contributed by atoms with E-state index in [1.54, 1.807) is 17.5 Å². The zero-order valence-electron chi connectivity index (χ0n) is 16.4. The van der Waals surface area contributed by atoms with Gasteiger partial charge in [0.05, 0.1) is 5.02 Å². The zero-order chi connectivity index (χ0) is 19.1. The fraction of sp³-hybridized carbons (Fsp3) is 0.286. The number of benzene rings is 2. The van der Waals surface area contributed by atoms with Crippen molar-refractivity contribution in [1.82, 2.24) is 15.2 Å². The summed E-state index contributed by atoms with van der Waals surface area (Å²) in [5.41, 5.74) is 3.18. The van der Waals surface area contributed by atoms with Gasteiger partial charge in [0.15, 0.2) is 0 Å². The highest BCUT2D eigenvalue weighted by Crippen LogP contribution is 2.30. The van der Waals surface area contributed by atoms with Crippen LogP contribution in [0.4, 0.5) is 0 Å². The molecule has 0 saturated carbocycles. The van der Waals surface area contributed by atoms with Gasteiger partial charge < -0.3 is 15.0 Å². The van der Waals surface area contributed by atoms with Crippen molar-refractivity contribution in [1.29, 1.82) is 0 Å². The fourth-order valence-electron chi connectivity index (χ4n) is 2.79. The summed E-state index contributed by atoms with van der Waals surface area (Å²) in [4.78, 5) is 6.60. The molecule has 1 aromatic heterocycles. The Morgan fingerprint density at radius 3 is 2.66 bits per heavy atom. The maximum absolute atomic E-state index is 6.45. The Morgan fingerprint density at radius 1 is 1.17 bits per heavy atom. The molecule has 0 aliphatic carbocycles. The number of rotatable bonds is 9. The minimum atomic E-state index is 0. The average molecular weight is 475 g/mol. The first-order valence-corrected chi connectivity index (χ1v) is 10.2. The van der Waals surface area contributed by atoms with E-state index in [-0.39, 0.29) is 24.8 Å². The third-order valence-corrected chi connectivity index (χ3v) is 5.37. The van der Waals surface area contributed by atoms with E-state index in [1.807, 2.05) is 48.8 Å². The van der Waals surface area contributed by atoms with E-state index in [4.69, 9.17) is 16.3 Å². The number of halogens is 3. The van der Waals surface area contributed by atoms with Gasteiger partial charge in [-0.15, -0.1) is 36.2 Å². The normalized spacial score (nSPS) is 10.3. The maximum Gasteiger partial charge on any atom is 0.124 e. The molecular weight excluding hydrogens is 449 g/mol. The number of para-hydroxylation sites is 1. The number of nitrogens with one attached hydrogen (secondary N) is 1. The van der Waals surface area contributed by atoms with Gasteiger partial charge >= 0.3 is 0 Å². The Hall–Kier alpha value is -1.34. The monoisotopic (exact) mass is 473 g/mol. The van der Waals surface area contributed by atoms with Crippen LogP contribution < -0.4 is 10.1 Å². The van der Waals surface area contributed by atoms with Crippen LogP contribution >= 0.6 is 47.8 Å². The quantitative estimate of drug-likeness (QED) is 0.442. The van der Waals surface area contributed by atoms with Crippen LogP contribution in [0.3, 0.4) is 0 Å². The van der Waals surface area contributed by atoms with Gasteiger partial charge in [0.1, 0.15) is 17.4 Å². The van der Waals surface area contributed by atoms with Gasteiger partial charge in [0.25, 0.3) is 0 Å². The minimum Gasteiger partial charge on any atom is -0.489 e. The number of nitrogens with zero attached hydrogens (tertiary/aromatic N) is 2. The minimum absolute atomic E-state index is 0. The second-order valence-corrected chi connectivity index (χ2v) is 7.69. The third kappa shape index (κ3) is 7.45. The summed E-state index contributed by atoms with van der Waals surface area (Å²) in [5, 5.41) is 6.76. The van der Waals surface area contributed by atoms with Gasteiger partial charge in [0.2, 0.25) is 0 Å². The molecule has 0 spiro atoms. The van der Waals surface area contributed by atoms with Crippen LogP contribution in [0, 0.1) is 0 Å². The third-order valence-electron chi connectivity index (χ3n) is 4.25. The molecule has 29 heavy (non-hydrogen) atoms. The van der Waals surface area contributed by atoms with Crippen molar-refractivity contribution in [2.45, 2.75) is 13.2 Å². The molecule has 4 nitrogen and oxygen atoms in total. The Kier molecular flexibility index (Phi) is 11.6. The van der Waals surface area contributed by atoms with Crippen molar-refractivity contribution < 1.29 is 4.74 Å². The summed E-state index contributed by atoms with van der Waals surface area (Å²) in [7, 11) is 4.08. The highest BCUT2D eigenvalue weighted by Gasteiger charge is 2.09. The van der Waals surface area contributed by atoms with Gasteiger partial charge in [-0.25, -0.2) is 4.98 Å². The van der Waals surface area contributed by atoms with Gasteiger partial charge in [-0.05, 0) is 31.8 Å². The van der Waals surface area contributed by atoms with Crippen LogP contribution in [-0.4, -0.2) is 37.1 Å². The second kappa shape index (κ2) is 13.1. The number of likely N-dealkylation sites (N-methyl/N-ethyl adjacent to an activating group) is 2. The highest BCUT2D eigenvalue weighted by atomic mass is 35.5. The van der Waals surface area contributed by atoms with Crippen LogP contribution in [0.5, 0.6) is 5.75 Å². The van der Waals surface area contributed by atoms with Gasteiger partial charge in [-0.1, -0.05) is 41.9 Å². The first-order valence-electron chi connectivity index (χ1n) is 8.89. The largest absolute Gasteiger partial charge is 0.489 e. The highest BCUT2D eigenvalue weighted by molar-refractivity contribution is 7.13. The first-order chi connectivity index (χ1) is 13.2. The van der Waals surface area contributed by atoms with Crippen molar-refractivity contribution in [2.24, 2.45) is 0 Å². The lowest BCUT2D eigenvalue weighted by molar-refractivity contribution is 0.285. The summed E-state index contributed by atoms with van der Waals surface area (Å²) in [5.74, 6) is 0.911. The molecule has 0 amide bonds. The van der Waals surface area contributed by atoms with Crippen LogP contribution in [0.15, 0.2) is 54.0 Å². The molecule has 0 aliphatic heterocycles. The molecule has 0 atom stereocenters. The van der Waals surface area contributed by atoms with E-state index >= 15 is 0 Å². The van der Waals surface area contributed by atoms with Gasteiger partial charge in [-0.2, -0.15) is 0 Å². The van der Waals surface area contributed by atoms with E-state index in [9.17, 15) is 0 Å². The molecule has 3 aromatic rings. The zero-order valence-corrected chi connectivity index (χ0v) is 19.6. The second-order valence-electron chi connectivity index (χ2n) is 6.39. The summed E-state index contributed by atoms with van der Waals surface area (Å²) >= 11 is 8.03. The lowest BCUT2D eigenvalue weighted by Crippen LogP contribution is -2.27. The summed E-state index contributed by atoms with van der Waals surface area (Å²) in [6, 6.07) is 14.2. The standard InChI is InChI=1S/C21H24ClN3OS.2ClH/c1-23-9-11-25(2)14-17-5-3-4-6-20(17)26-15-16-7-8-18(19(22)13-16)21-24-10-12-27-21;;/h3-8,10,12-13,23H,9,11,14-15H2,1-2H3;2*1H. The Bertz CT molecular complexity index is 862. The molecule has 0 fully saturated rings. The SMILES string of the molecule is CNCCN(C)Cc1ccccc1OCc1ccc(-c2nccs2)c(Cl)c1.Cl.Cl. The molecule has 1 heterocycles. The van der Waals surface area contributed by atoms with Crippen molar-refractivity contribution in [3.63, 3.8) is 0 Å². The summed E-state index contributed by atoms with van der Waals surface area (Å²) in [6.07, 6.45) is 1.79. The smallest absolute Gasteiger partial charge is 0.124 e. The number of ether oxygens (including phenoxy) is 1. The van der Waals surface area contributed by atoms with Crippen LogP contribution in [0.2, 0.25) is 5.02 Å². The lowest BCUT2D eigenvalue weighted by atomic mass is 10.1. The lowest BCUT2D eigenvalue weighted by Gasteiger charge is -2.19. The number of thiazole rings is 1. The molecule has 0 aliphatic rings. The molecule has 0 bridgehead atoms. The molecule has 158 valence electrons. The molecule has 1 N–H and O–H groups in total. The van der Waals surface area contributed by atoms with Crippen molar-refractivity contribution in [2.75, 3.05) is 27.2 Å². The number of hydrogen-bond donors (Lipinski definition) is 1. The fourth-order valence-corrected chi connectivity index (χ4v) is 3.81. The maximum atomic E-state index is 6.45. The molecule has 8 heteroatoms. The van der Waals surface area contributed by atoms with E-state index in [0.29, 0.717) is 11.6 Å². The van der Waals surface area contributed by atoms with Crippen LogP contribution in [0.1, 0.15) is 11.1 Å². The van der Waals surface area contributed by atoms with Crippen molar-refractivity contribution >= 4 is 47.8 Å². The summed E-state index contributed by atoms with van der Waals surface area (Å²) < 4.78 is 6.10. The van der Waals surface area contributed by atoms with Gasteiger partial charge in [0, 0.05) is 42.3 Å². The predicted octanol–water partition coefficient (Wildman–Crippen LogP) is 5.54. The molecule has 2 aromatic carbocycles. The summed E-state index contributed by atoms with van der Waals surface area (Å²) in [6.45, 7) is 3.28. The van der Waals surface area contributed by atoms with Crippen molar-refractivity contribution in [3.8, 4) is 16.3 Å². The molecular formula is C21H26Cl3N3OS. The number of hydrogen-bond acceptors (Lipinski definition) is 5. The van der Waals surface area contributed by atoms with Gasteiger partial charge in [-0.3, -0.25) is 0 Å². The Labute approximate surface area is 194 Å². The average Bonchev–Trinajstić information content (AvgIpc) is 3.20. The Morgan fingerprint density at radius 2 is 1.97 bits per heavy atom. The predicted molar refractivity (Wildman–Crippen MR) is 128 cm³/mol. The number of aromatic nitrogens is 1. The van der Waals surface area contributed by atoms with E-state index < -0.39 is 0 Å². The Balaban J connectivity index is 0.00000210.